The minimum atomic E-state index is -4.41. The van der Waals surface area contributed by atoms with E-state index >= 15 is 0 Å². The smallest absolute Gasteiger partial charge is 0.440 e. The van der Waals surface area contributed by atoms with Crippen LogP contribution in [0.2, 0.25) is 0 Å². The van der Waals surface area contributed by atoms with Crippen molar-refractivity contribution in [2.45, 2.75) is 26.9 Å². The van der Waals surface area contributed by atoms with Crippen LogP contribution in [0.25, 0.3) is 0 Å². The number of carbonyl (C=O) groups excluding carboxylic acids is 1. The topological polar surface area (TPSA) is 153 Å². The lowest BCUT2D eigenvalue weighted by molar-refractivity contribution is -0.385. The predicted molar refractivity (Wildman–Crippen MR) is 126 cm³/mol. The van der Waals surface area contributed by atoms with Gasteiger partial charge in [0.15, 0.2) is 0 Å². The second-order valence-corrected chi connectivity index (χ2v) is 13.2. The quantitative estimate of drug-likeness (QED) is 0.166. The van der Waals surface area contributed by atoms with E-state index in [0.29, 0.717) is 29.2 Å². The minimum Gasteiger partial charge on any atom is -0.467 e. The Kier molecular flexibility index (Phi) is 10.8. The Morgan fingerprint density at radius 2 is 1.76 bits per heavy atom. The first-order chi connectivity index (χ1) is 15.2. The first-order valence-corrected chi connectivity index (χ1v) is 15.5. The van der Waals surface area contributed by atoms with Crippen molar-refractivity contribution < 1.29 is 35.8 Å². The number of amides is 1. The van der Waals surface area contributed by atoms with Crippen LogP contribution in [-0.2, 0) is 24.8 Å². The molecule has 0 radical (unpaired) electrons. The van der Waals surface area contributed by atoms with Crippen LogP contribution in [0, 0.1) is 10.1 Å². The summed E-state index contributed by atoms with van der Waals surface area (Å²) in [5.74, 6) is -0.293. The highest BCUT2D eigenvalue weighted by Gasteiger charge is 2.38. The van der Waals surface area contributed by atoms with Crippen LogP contribution in [0.15, 0.2) is 18.2 Å². The molecule has 1 rings (SSSR count). The Morgan fingerprint density at radius 3 is 2.18 bits per heavy atom. The number of hydrogen-bond acceptors (Lipinski definition) is 9. The molecule has 1 amide bonds. The van der Waals surface area contributed by atoms with Crippen molar-refractivity contribution in [2.24, 2.45) is 0 Å². The summed E-state index contributed by atoms with van der Waals surface area (Å²) in [7, 11) is -9.56. The number of nitro groups is 1. The van der Waals surface area contributed by atoms with Crippen LogP contribution in [0.1, 0.15) is 32.4 Å². The average Bonchev–Trinajstić information content (AvgIpc) is 2.69. The van der Waals surface area contributed by atoms with E-state index in [-0.39, 0.29) is 27.3 Å². The molecule has 0 saturated carbocycles. The largest absolute Gasteiger partial charge is 0.467 e. The lowest BCUT2D eigenvalue weighted by Gasteiger charge is -2.30. The van der Waals surface area contributed by atoms with Gasteiger partial charge in [0.05, 0.1) is 25.6 Å². The molecule has 16 heteroatoms. The van der Waals surface area contributed by atoms with Gasteiger partial charge < -0.3 is 9.26 Å². The van der Waals surface area contributed by atoms with Gasteiger partial charge in [0.1, 0.15) is 6.10 Å². The Balaban J connectivity index is 3.32. The summed E-state index contributed by atoms with van der Waals surface area (Å²) in [6.45, 7) is 4.69. The molecule has 0 saturated heterocycles. The number of halogens is 1. The Bertz CT molecular complexity index is 1070. The lowest BCUT2D eigenvalue weighted by Crippen LogP contribution is -2.52. The van der Waals surface area contributed by atoms with Crippen molar-refractivity contribution in [2.75, 3.05) is 37.3 Å². The van der Waals surface area contributed by atoms with Gasteiger partial charge in [-0.25, -0.2) is 21.6 Å². The van der Waals surface area contributed by atoms with E-state index in [4.69, 9.17) is 20.9 Å². The summed E-state index contributed by atoms with van der Waals surface area (Å²) < 4.78 is 59.8. The number of benzene rings is 1. The molecule has 1 atom stereocenters. The zero-order valence-corrected chi connectivity index (χ0v) is 22.1. The number of hydrazine groups is 1. The maximum Gasteiger partial charge on any atom is 0.440 e. The third kappa shape index (κ3) is 8.21. The second-order valence-electron chi connectivity index (χ2n) is 6.72. The molecule has 0 fully saturated rings. The highest BCUT2D eigenvalue weighted by molar-refractivity contribution is 7.91. The third-order valence-corrected chi connectivity index (χ3v) is 8.42. The van der Waals surface area contributed by atoms with Crippen molar-refractivity contribution >= 4 is 51.6 Å². The number of carbonyl (C=O) groups is 1. The highest BCUT2D eigenvalue weighted by Crippen LogP contribution is 2.42. The molecular weight excluding hydrogens is 521 g/mol. The summed E-state index contributed by atoms with van der Waals surface area (Å²) >= 11 is 5.58. The van der Waals surface area contributed by atoms with E-state index in [1.54, 1.807) is 0 Å². The molecule has 0 heterocycles. The van der Waals surface area contributed by atoms with E-state index in [2.05, 4.69) is 0 Å². The van der Waals surface area contributed by atoms with Crippen LogP contribution in [-0.4, -0.2) is 73.9 Å². The highest BCUT2D eigenvalue weighted by atomic mass is 35.5. The summed E-state index contributed by atoms with van der Waals surface area (Å²) in [6.07, 6.45) is 0.114. The van der Waals surface area contributed by atoms with E-state index in [9.17, 15) is 31.7 Å². The monoisotopic (exact) mass is 547 g/mol. The molecule has 188 valence electrons. The van der Waals surface area contributed by atoms with Gasteiger partial charge >= 0.3 is 11.8 Å². The van der Waals surface area contributed by atoms with Gasteiger partial charge in [0, 0.05) is 30.8 Å². The van der Waals surface area contributed by atoms with Crippen LogP contribution < -0.4 is 4.52 Å². The van der Waals surface area contributed by atoms with Crippen molar-refractivity contribution in [3.8, 4) is 5.75 Å². The normalized spacial score (nSPS) is 13.1. The number of nitrogens with zero attached hydrogens (tertiary/aromatic N) is 3. The molecule has 12 nitrogen and oxygen atoms in total. The number of alkyl halides is 1. The Hall–Kier alpha value is -1.73. The fourth-order valence-electron chi connectivity index (χ4n) is 2.62. The van der Waals surface area contributed by atoms with Crippen LogP contribution in [0.4, 0.5) is 10.5 Å². The van der Waals surface area contributed by atoms with Crippen LogP contribution >= 0.6 is 19.7 Å². The molecule has 1 aromatic rings. The van der Waals surface area contributed by atoms with Crippen molar-refractivity contribution in [1.82, 2.24) is 8.83 Å². The zero-order chi connectivity index (χ0) is 25.6. The molecule has 0 bridgehead atoms. The molecule has 1 unspecified atom stereocenters. The van der Waals surface area contributed by atoms with Crippen molar-refractivity contribution in [1.29, 1.82) is 0 Å². The first-order valence-electron chi connectivity index (χ1n) is 9.63. The third-order valence-electron chi connectivity index (χ3n) is 4.19. The van der Waals surface area contributed by atoms with Crippen molar-refractivity contribution in [3.63, 3.8) is 0 Å². The lowest BCUT2D eigenvalue weighted by atomic mass is 10.1. The van der Waals surface area contributed by atoms with Crippen LogP contribution in [0.5, 0.6) is 5.75 Å². The molecular formula is C17H27ClN3O9PS2. The van der Waals surface area contributed by atoms with Gasteiger partial charge in [-0.3, -0.25) is 10.1 Å². The molecule has 0 aliphatic heterocycles. The zero-order valence-electron chi connectivity index (χ0n) is 18.8. The van der Waals surface area contributed by atoms with E-state index < -0.39 is 51.9 Å². The summed E-state index contributed by atoms with van der Waals surface area (Å²) in [5, 5.41) is 11.4. The number of hydrogen-bond donors (Lipinski definition) is 0. The molecule has 0 aromatic heterocycles. The summed E-state index contributed by atoms with van der Waals surface area (Å²) in [6, 6.07) is 3.87. The van der Waals surface area contributed by atoms with Gasteiger partial charge in [-0.15, -0.1) is 16.0 Å². The van der Waals surface area contributed by atoms with Gasteiger partial charge in [-0.1, -0.05) is 18.3 Å². The Labute approximate surface area is 199 Å². The molecule has 0 spiro atoms. The molecule has 33 heavy (non-hydrogen) atoms. The SMILES string of the molecule is CCP(CC)Oc1cc(C(C)OC(=O)N(N(CCCl)S(C)(=O)=O)S(C)(=O)=O)ccc1[N+](=O)[O-]. The van der Waals surface area contributed by atoms with E-state index in [1.165, 1.54) is 25.1 Å². The van der Waals surface area contributed by atoms with Gasteiger partial charge in [0.2, 0.25) is 15.8 Å². The summed E-state index contributed by atoms with van der Waals surface area (Å²) in [5.41, 5.74) is 0.0117. The number of rotatable bonds is 12. The van der Waals surface area contributed by atoms with Gasteiger partial charge in [0.25, 0.3) is 10.0 Å². The standard InChI is InChI=1S/C17H27ClN3O9PS2/c1-6-31(7-2)30-16-12-14(8-9-15(16)21(23)24)13(3)29-17(22)20(33(5,27)28)19(11-10-18)32(4,25)26/h8-9,12-13H,6-7,10-11H2,1-5H3. The molecule has 0 aliphatic carbocycles. The number of sulfonamides is 2. The second kappa shape index (κ2) is 12.1. The fraction of sp³-hybridized carbons (Fsp3) is 0.588. The molecule has 0 aliphatic rings. The van der Waals surface area contributed by atoms with Crippen molar-refractivity contribution in [3.05, 3.63) is 33.9 Å². The maximum atomic E-state index is 12.7. The molecule has 1 aromatic carbocycles. The average molecular weight is 548 g/mol. The molecule has 0 N–H and O–H groups in total. The van der Waals surface area contributed by atoms with Gasteiger partial charge in [-0.2, -0.15) is 0 Å². The predicted octanol–water partition coefficient (Wildman–Crippen LogP) is 3.28. The Morgan fingerprint density at radius 1 is 1.18 bits per heavy atom. The number of ether oxygens (including phenoxy) is 1. The minimum absolute atomic E-state index is 0.00455. The summed E-state index contributed by atoms with van der Waals surface area (Å²) in [4.78, 5) is 23.5. The van der Waals surface area contributed by atoms with Gasteiger partial charge in [-0.05, 0) is 24.6 Å². The fourth-order valence-corrected chi connectivity index (χ4v) is 6.22. The van der Waals surface area contributed by atoms with Crippen LogP contribution in [0.3, 0.4) is 0 Å². The van der Waals surface area contributed by atoms with E-state index in [1.807, 2.05) is 13.8 Å². The first kappa shape index (κ1) is 29.3. The van der Waals surface area contributed by atoms with E-state index in [0.717, 1.165) is 0 Å². The maximum absolute atomic E-state index is 12.7. The number of nitro benzene ring substituents is 1.